The molecule has 7 heteroatoms. The number of primary amides is 1. The maximum absolute atomic E-state index is 13.5. The molecular formula is C20H21N3O2S2. The zero-order valence-corrected chi connectivity index (χ0v) is 16.8. The van der Waals surface area contributed by atoms with Crippen LogP contribution in [0.15, 0.2) is 34.2 Å². The molecular weight excluding hydrogens is 378 g/mol. The molecule has 0 aliphatic heterocycles. The lowest BCUT2D eigenvalue weighted by Crippen LogP contribution is -2.22. The van der Waals surface area contributed by atoms with E-state index in [0.29, 0.717) is 10.9 Å². The van der Waals surface area contributed by atoms with Crippen LogP contribution < -0.4 is 11.3 Å². The second kappa shape index (κ2) is 7.48. The fourth-order valence-corrected chi connectivity index (χ4v) is 5.72. The molecule has 2 aromatic heterocycles. The minimum absolute atomic E-state index is 0.00942. The average molecular weight is 400 g/mol. The number of nitrogens with zero attached hydrogens (tertiary/aromatic N) is 2. The van der Waals surface area contributed by atoms with Gasteiger partial charge in [-0.1, -0.05) is 29.5 Å². The number of carbonyl (C=O) groups excluding carboxylic acids is 1. The number of thioether (sulfide) groups is 1. The van der Waals surface area contributed by atoms with Crippen molar-refractivity contribution in [2.24, 2.45) is 5.73 Å². The molecule has 0 atom stereocenters. The van der Waals surface area contributed by atoms with Crippen LogP contribution in [0.25, 0.3) is 15.9 Å². The predicted octanol–water partition coefficient (Wildman–Crippen LogP) is 3.60. The summed E-state index contributed by atoms with van der Waals surface area (Å²) in [6, 6.07) is 7.88. The van der Waals surface area contributed by atoms with Gasteiger partial charge in [-0.15, -0.1) is 11.3 Å². The molecule has 0 unspecified atom stereocenters. The zero-order chi connectivity index (χ0) is 19.0. The van der Waals surface area contributed by atoms with Crippen molar-refractivity contribution in [2.75, 3.05) is 5.75 Å². The van der Waals surface area contributed by atoms with Gasteiger partial charge in [0.05, 0.1) is 11.1 Å². The minimum Gasteiger partial charge on any atom is -0.370 e. The van der Waals surface area contributed by atoms with Crippen molar-refractivity contribution in [2.45, 2.75) is 44.2 Å². The number of amides is 1. The molecule has 1 amide bonds. The van der Waals surface area contributed by atoms with Crippen LogP contribution in [-0.2, 0) is 17.6 Å². The van der Waals surface area contributed by atoms with E-state index >= 15 is 0 Å². The van der Waals surface area contributed by atoms with Gasteiger partial charge in [-0.25, -0.2) is 4.98 Å². The van der Waals surface area contributed by atoms with Crippen LogP contribution in [0.3, 0.4) is 0 Å². The first kappa shape index (κ1) is 18.3. The topological polar surface area (TPSA) is 78.0 Å². The number of fused-ring (bicyclic) bond motifs is 3. The number of benzene rings is 1. The average Bonchev–Trinajstić information content (AvgIpc) is 3.01. The molecule has 3 aromatic rings. The lowest BCUT2D eigenvalue weighted by atomic mass is 9.97. The smallest absolute Gasteiger partial charge is 0.267 e. The van der Waals surface area contributed by atoms with Gasteiger partial charge in [-0.05, 0) is 50.3 Å². The van der Waals surface area contributed by atoms with E-state index in [1.54, 1.807) is 15.9 Å². The SMILES string of the molecule is Cc1ccc(-n2c(SCCC(N)=O)nc3sc4c(c3c2=O)CCCC4)cc1. The zero-order valence-electron chi connectivity index (χ0n) is 15.2. The maximum Gasteiger partial charge on any atom is 0.267 e. The van der Waals surface area contributed by atoms with Crippen LogP contribution in [0.1, 0.15) is 35.3 Å². The summed E-state index contributed by atoms with van der Waals surface area (Å²) in [6.45, 7) is 2.02. The number of nitrogens with two attached hydrogens (primary N) is 1. The van der Waals surface area contributed by atoms with E-state index in [1.165, 1.54) is 28.6 Å². The Hall–Kier alpha value is -2.12. The van der Waals surface area contributed by atoms with Gasteiger partial charge in [0.1, 0.15) is 4.83 Å². The lowest BCUT2D eigenvalue weighted by Gasteiger charge is -2.13. The minimum atomic E-state index is -0.348. The Balaban J connectivity index is 1.90. The van der Waals surface area contributed by atoms with Gasteiger partial charge in [-0.3, -0.25) is 14.2 Å². The van der Waals surface area contributed by atoms with Crippen LogP contribution in [0.4, 0.5) is 0 Å². The third-order valence-electron chi connectivity index (χ3n) is 4.83. The summed E-state index contributed by atoms with van der Waals surface area (Å²) >= 11 is 3.05. The predicted molar refractivity (Wildman–Crippen MR) is 111 cm³/mol. The van der Waals surface area contributed by atoms with Crippen LogP contribution in [0, 0.1) is 6.92 Å². The highest BCUT2D eigenvalue weighted by atomic mass is 32.2. The summed E-state index contributed by atoms with van der Waals surface area (Å²) in [5.74, 6) is 0.156. The number of aryl methyl sites for hydroxylation is 3. The van der Waals surface area contributed by atoms with Crippen molar-refractivity contribution in [3.05, 3.63) is 50.6 Å². The van der Waals surface area contributed by atoms with Gasteiger partial charge in [0, 0.05) is 17.1 Å². The molecule has 1 aliphatic rings. The Morgan fingerprint density at radius 3 is 2.74 bits per heavy atom. The van der Waals surface area contributed by atoms with Gasteiger partial charge < -0.3 is 5.73 Å². The number of thiophene rings is 1. The summed E-state index contributed by atoms with van der Waals surface area (Å²) in [5.41, 5.74) is 8.39. The second-order valence-electron chi connectivity index (χ2n) is 6.83. The largest absolute Gasteiger partial charge is 0.370 e. The fourth-order valence-electron chi connectivity index (χ4n) is 3.45. The molecule has 140 valence electrons. The molecule has 0 fully saturated rings. The van der Waals surface area contributed by atoms with Crippen molar-refractivity contribution >= 4 is 39.2 Å². The first-order valence-corrected chi connectivity index (χ1v) is 10.9. The third kappa shape index (κ3) is 3.53. The molecule has 5 nitrogen and oxygen atoms in total. The summed E-state index contributed by atoms with van der Waals surface area (Å²) in [4.78, 5) is 31.6. The molecule has 27 heavy (non-hydrogen) atoms. The van der Waals surface area contributed by atoms with Crippen molar-refractivity contribution < 1.29 is 4.79 Å². The van der Waals surface area contributed by atoms with E-state index in [0.717, 1.165) is 40.7 Å². The van der Waals surface area contributed by atoms with Gasteiger partial charge >= 0.3 is 0 Å². The second-order valence-corrected chi connectivity index (χ2v) is 8.97. The highest BCUT2D eigenvalue weighted by Gasteiger charge is 2.22. The molecule has 1 aliphatic carbocycles. The Labute approximate surface area is 165 Å². The number of carbonyl (C=O) groups is 1. The van der Waals surface area contributed by atoms with E-state index in [9.17, 15) is 9.59 Å². The Kier molecular flexibility index (Phi) is 5.06. The molecule has 4 rings (SSSR count). The molecule has 1 aromatic carbocycles. The van der Waals surface area contributed by atoms with E-state index in [1.807, 2.05) is 31.2 Å². The number of hydrogen-bond donors (Lipinski definition) is 1. The monoisotopic (exact) mass is 399 g/mol. The Bertz CT molecular complexity index is 1070. The molecule has 0 saturated carbocycles. The van der Waals surface area contributed by atoms with Gasteiger partial charge in [0.25, 0.3) is 5.56 Å². The normalized spacial score (nSPS) is 13.7. The molecule has 0 spiro atoms. The van der Waals surface area contributed by atoms with Gasteiger partial charge in [-0.2, -0.15) is 0 Å². The van der Waals surface area contributed by atoms with E-state index in [4.69, 9.17) is 10.7 Å². The Morgan fingerprint density at radius 2 is 2.00 bits per heavy atom. The highest BCUT2D eigenvalue weighted by molar-refractivity contribution is 7.99. The molecule has 2 N–H and O–H groups in total. The quantitative estimate of drug-likeness (QED) is 0.525. The molecule has 0 radical (unpaired) electrons. The summed E-state index contributed by atoms with van der Waals surface area (Å²) < 4.78 is 1.69. The lowest BCUT2D eigenvalue weighted by molar-refractivity contribution is -0.117. The van der Waals surface area contributed by atoms with Gasteiger partial charge in [0.15, 0.2) is 5.16 Å². The van der Waals surface area contributed by atoms with Crippen LogP contribution in [0.5, 0.6) is 0 Å². The maximum atomic E-state index is 13.5. The number of rotatable bonds is 5. The Morgan fingerprint density at radius 1 is 1.26 bits per heavy atom. The van der Waals surface area contributed by atoms with Crippen molar-refractivity contribution in [3.8, 4) is 5.69 Å². The summed E-state index contributed by atoms with van der Waals surface area (Å²) in [7, 11) is 0. The van der Waals surface area contributed by atoms with Crippen LogP contribution in [0.2, 0.25) is 0 Å². The standard InChI is InChI=1S/C20H21N3O2S2/c1-12-6-8-13(9-7-12)23-19(25)17-14-4-2-3-5-15(14)27-18(17)22-20(23)26-11-10-16(21)24/h6-9H,2-5,10-11H2,1H3,(H2,21,24). The van der Waals surface area contributed by atoms with E-state index in [-0.39, 0.29) is 17.9 Å². The third-order valence-corrected chi connectivity index (χ3v) is 6.96. The van der Waals surface area contributed by atoms with Gasteiger partial charge in [0.2, 0.25) is 5.91 Å². The van der Waals surface area contributed by atoms with Crippen molar-refractivity contribution in [1.29, 1.82) is 0 Å². The summed E-state index contributed by atoms with van der Waals surface area (Å²) in [6.07, 6.45) is 4.54. The van der Waals surface area contributed by atoms with E-state index < -0.39 is 0 Å². The fraction of sp³-hybridized carbons (Fsp3) is 0.350. The first-order chi connectivity index (χ1) is 13.0. The molecule has 2 heterocycles. The molecule has 0 bridgehead atoms. The summed E-state index contributed by atoms with van der Waals surface area (Å²) in [5, 5.41) is 1.39. The van der Waals surface area contributed by atoms with Crippen LogP contribution >= 0.6 is 23.1 Å². The molecule has 0 saturated heterocycles. The van der Waals surface area contributed by atoms with Crippen molar-refractivity contribution in [3.63, 3.8) is 0 Å². The van der Waals surface area contributed by atoms with Crippen molar-refractivity contribution in [1.82, 2.24) is 9.55 Å². The van der Waals surface area contributed by atoms with E-state index in [2.05, 4.69) is 0 Å². The van der Waals surface area contributed by atoms with Crippen LogP contribution in [-0.4, -0.2) is 21.2 Å². The highest BCUT2D eigenvalue weighted by Crippen LogP contribution is 2.35. The number of aromatic nitrogens is 2. The number of hydrogen-bond acceptors (Lipinski definition) is 5. The first-order valence-electron chi connectivity index (χ1n) is 9.10.